The Morgan fingerprint density at radius 3 is 2.71 bits per heavy atom. The van der Waals surface area contributed by atoms with Crippen molar-refractivity contribution in [2.45, 2.75) is 0 Å². The second-order valence-corrected chi connectivity index (χ2v) is 5.15. The van der Waals surface area contributed by atoms with Crippen LogP contribution < -0.4 is 10.2 Å². The molecule has 7 nitrogen and oxygen atoms in total. The van der Waals surface area contributed by atoms with Crippen LogP contribution in [-0.4, -0.2) is 42.0 Å². The molecule has 1 heterocycles. The number of esters is 1. The molecule has 1 aromatic carbocycles. The van der Waals surface area contributed by atoms with Gasteiger partial charge in [0.05, 0.1) is 10.7 Å². The molecular weight excluding hydrogens is 339 g/mol. The highest BCUT2D eigenvalue weighted by Gasteiger charge is 2.13. The zero-order valence-corrected chi connectivity index (χ0v) is 13.5. The second kappa shape index (κ2) is 8.21. The van der Waals surface area contributed by atoms with Crippen LogP contribution in [0.4, 0.5) is 16.0 Å². The molecule has 0 atom stereocenters. The summed E-state index contributed by atoms with van der Waals surface area (Å²) in [5, 5.41) is 2.48. The first kappa shape index (κ1) is 17.6. The molecule has 0 spiro atoms. The SMILES string of the molecule is CN(CC(=O)OCC(=O)Nc1ccc(F)cc1Cl)c1ncccn1. The number of nitrogens with one attached hydrogen (secondary N) is 1. The van der Waals surface area contributed by atoms with E-state index in [4.69, 9.17) is 16.3 Å². The van der Waals surface area contributed by atoms with Gasteiger partial charge in [0.25, 0.3) is 5.91 Å². The lowest BCUT2D eigenvalue weighted by Gasteiger charge is -2.15. The largest absolute Gasteiger partial charge is 0.454 e. The maximum Gasteiger partial charge on any atom is 0.326 e. The van der Waals surface area contributed by atoms with Crippen LogP contribution in [0.2, 0.25) is 5.02 Å². The van der Waals surface area contributed by atoms with Gasteiger partial charge in [-0.15, -0.1) is 0 Å². The van der Waals surface area contributed by atoms with E-state index in [2.05, 4.69) is 15.3 Å². The number of hydrogen-bond acceptors (Lipinski definition) is 6. The Morgan fingerprint density at radius 1 is 1.33 bits per heavy atom. The number of hydrogen-bond donors (Lipinski definition) is 1. The quantitative estimate of drug-likeness (QED) is 0.799. The number of halogens is 2. The Labute approximate surface area is 142 Å². The topological polar surface area (TPSA) is 84.4 Å². The highest BCUT2D eigenvalue weighted by Crippen LogP contribution is 2.22. The highest BCUT2D eigenvalue weighted by molar-refractivity contribution is 6.33. The van der Waals surface area contributed by atoms with Crippen LogP contribution in [0.3, 0.4) is 0 Å². The van der Waals surface area contributed by atoms with E-state index in [1.807, 2.05) is 0 Å². The Balaban J connectivity index is 1.80. The van der Waals surface area contributed by atoms with Gasteiger partial charge in [0.2, 0.25) is 5.95 Å². The first-order valence-corrected chi connectivity index (χ1v) is 7.22. The molecule has 0 radical (unpaired) electrons. The molecule has 126 valence electrons. The molecular formula is C15H14ClFN4O3. The molecule has 24 heavy (non-hydrogen) atoms. The summed E-state index contributed by atoms with van der Waals surface area (Å²) in [6.45, 7) is -0.607. The predicted molar refractivity (Wildman–Crippen MR) is 86.3 cm³/mol. The standard InChI is InChI=1S/C15H14ClFN4O3/c1-21(15-18-5-2-6-19-15)8-14(23)24-9-13(22)20-12-4-3-10(17)7-11(12)16/h2-7H,8-9H2,1H3,(H,20,22). The van der Waals surface area contributed by atoms with Crippen molar-refractivity contribution >= 4 is 35.1 Å². The molecule has 0 bridgehead atoms. The lowest BCUT2D eigenvalue weighted by atomic mass is 10.3. The lowest BCUT2D eigenvalue weighted by molar-refractivity contribution is -0.145. The first-order chi connectivity index (χ1) is 11.5. The first-order valence-electron chi connectivity index (χ1n) is 6.84. The Bertz CT molecular complexity index is 730. The molecule has 0 saturated heterocycles. The Hall–Kier alpha value is -2.74. The third-order valence-corrected chi connectivity index (χ3v) is 3.14. The maximum absolute atomic E-state index is 12.9. The summed E-state index contributed by atoms with van der Waals surface area (Å²) < 4.78 is 17.8. The van der Waals surface area contributed by atoms with E-state index in [9.17, 15) is 14.0 Å². The van der Waals surface area contributed by atoms with Gasteiger partial charge in [-0.1, -0.05) is 11.6 Å². The number of benzene rings is 1. The molecule has 1 amide bonds. The van der Waals surface area contributed by atoms with Crippen molar-refractivity contribution in [1.29, 1.82) is 0 Å². The summed E-state index contributed by atoms with van der Waals surface area (Å²) in [5.41, 5.74) is 0.230. The summed E-state index contributed by atoms with van der Waals surface area (Å²) in [6.07, 6.45) is 3.09. The molecule has 0 saturated carbocycles. The van der Waals surface area contributed by atoms with Gasteiger partial charge in [0.1, 0.15) is 12.4 Å². The van der Waals surface area contributed by atoms with Crippen molar-refractivity contribution < 1.29 is 18.7 Å². The number of anilines is 2. The molecule has 2 rings (SSSR count). The van der Waals surface area contributed by atoms with Crippen LogP contribution in [0.15, 0.2) is 36.7 Å². The highest BCUT2D eigenvalue weighted by atomic mass is 35.5. The summed E-state index contributed by atoms with van der Waals surface area (Å²) >= 11 is 5.79. The van der Waals surface area contributed by atoms with Gasteiger partial charge in [-0.3, -0.25) is 9.59 Å². The summed E-state index contributed by atoms with van der Waals surface area (Å²) in [7, 11) is 1.62. The van der Waals surface area contributed by atoms with Crippen LogP contribution in [0, 0.1) is 5.82 Å². The average molecular weight is 353 g/mol. The number of aromatic nitrogens is 2. The number of carbonyl (C=O) groups excluding carboxylic acids is 2. The molecule has 9 heteroatoms. The van der Waals surface area contributed by atoms with Crippen molar-refractivity contribution in [3.05, 3.63) is 47.5 Å². The minimum atomic E-state index is -0.620. The molecule has 0 unspecified atom stereocenters. The van der Waals surface area contributed by atoms with Crippen LogP contribution in [0.5, 0.6) is 0 Å². The minimum absolute atomic E-state index is 0.0515. The van der Waals surface area contributed by atoms with Crippen LogP contribution >= 0.6 is 11.6 Å². The number of ether oxygens (including phenoxy) is 1. The Kier molecular flexibility index (Phi) is 6.02. The molecule has 0 aliphatic carbocycles. The fraction of sp³-hybridized carbons (Fsp3) is 0.200. The van der Waals surface area contributed by atoms with E-state index in [0.29, 0.717) is 5.95 Å². The van der Waals surface area contributed by atoms with E-state index in [-0.39, 0.29) is 17.3 Å². The van der Waals surface area contributed by atoms with E-state index in [1.54, 1.807) is 25.5 Å². The van der Waals surface area contributed by atoms with E-state index >= 15 is 0 Å². The van der Waals surface area contributed by atoms with Crippen molar-refractivity contribution in [3.63, 3.8) is 0 Å². The van der Waals surface area contributed by atoms with Crippen molar-refractivity contribution in [1.82, 2.24) is 9.97 Å². The summed E-state index contributed by atoms with van der Waals surface area (Å²) in [4.78, 5) is 32.9. The molecule has 0 fully saturated rings. The minimum Gasteiger partial charge on any atom is -0.454 e. The molecule has 0 aliphatic rings. The van der Waals surface area contributed by atoms with Gasteiger partial charge in [-0.2, -0.15) is 0 Å². The number of nitrogens with zero attached hydrogens (tertiary/aromatic N) is 3. The average Bonchev–Trinajstić information content (AvgIpc) is 2.56. The monoisotopic (exact) mass is 352 g/mol. The van der Waals surface area contributed by atoms with Crippen molar-refractivity contribution in [3.8, 4) is 0 Å². The molecule has 0 aliphatic heterocycles. The summed E-state index contributed by atoms with van der Waals surface area (Å²) in [5.74, 6) is -1.37. The third kappa shape index (κ3) is 5.17. The van der Waals surface area contributed by atoms with Gasteiger partial charge in [-0.05, 0) is 24.3 Å². The van der Waals surface area contributed by atoms with Crippen LogP contribution in [0.25, 0.3) is 0 Å². The van der Waals surface area contributed by atoms with Crippen LogP contribution in [0.1, 0.15) is 0 Å². The Morgan fingerprint density at radius 2 is 2.04 bits per heavy atom. The number of carbonyl (C=O) groups is 2. The molecule has 2 aromatic rings. The smallest absolute Gasteiger partial charge is 0.326 e. The van der Waals surface area contributed by atoms with Crippen LogP contribution in [-0.2, 0) is 14.3 Å². The molecule has 1 aromatic heterocycles. The van der Waals surface area contributed by atoms with Gasteiger partial charge >= 0.3 is 5.97 Å². The number of rotatable bonds is 6. The van der Waals surface area contributed by atoms with Crippen molar-refractivity contribution in [2.24, 2.45) is 0 Å². The predicted octanol–water partition coefficient (Wildman–Crippen LogP) is 1.89. The third-order valence-electron chi connectivity index (χ3n) is 2.83. The van der Waals surface area contributed by atoms with Crippen molar-refractivity contribution in [2.75, 3.05) is 30.4 Å². The second-order valence-electron chi connectivity index (χ2n) is 4.74. The zero-order valence-electron chi connectivity index (χ0n) is 12.7. The van der Waals surface area contributed by atoms with Gasteiger partial charge in [0.15, 0.2) is 6.61 Å². The zero-order chi connectivity index (χ0) is 17.5. The normalized spacial score (nSPS) is 10.1. The maximum atomic E-state index is 12.9. The van der Waals surface area contributed by atoms with E-state index in [0.717, 1.165) is 12.1 Å². The summed E-state index contributed by atoms with van der Waals surface area (Å²) in [6, 6.07) is 5.19. The van der Waals surface area contributed by atoms with E-state index in [1.165, 1.54) is 11.0 Å². The molecule has 1 N–H and O–H groups in total. The fourth-order valence-corrected chi connectivity index (χ4v) is 1.94. The fourth-order valence-electron chi connectivity index (χ4n) is 1.72. The number of likely N-dealkylation sites (N-methyl/N-ethyl adjacent to an activating group) is 1. The van der Waals surface area contributed by atoms with E-state index < -0.39 is 24.3 Å². The van der Waals surface area contributed by atoms with Gasteiger partial charge in [0, 0.05) is 19.4 Å². The lowest BCUT2D eigenvalue weighted by Crippen LogP contribution is -2.30. The van der Waals surface area contributed by atoms with Gasteiger partial charge < -0.3 is 15.0 Å². The number of amides is 1. The van der Waals surface area contributed by atoms with Gasteiger partial charge in [-0.25, -0.2) is 14.4 Å².